The van der Waals surface area contributed by atoms with Crippen molar-refractivity contribution in [3.05, 3.63) is 48.2 Å². The molecule has 23 heavy (non-hydrogen) atoms. The summed E-state index contributed by atoms with van der Waals surface area (Å²) >= 11 is 0. The monoisotopic (exact) mass is 314 g/mol. The van der Waals surface area contributed by atoms with Crippen LogP contribution in [-0.2, 0) is 20.7 Å². The van der Waals surface area contributed by atoms with Gasteiger partial charge in [0.15, 0.2) is 0 Å². The molecular formula is C18H22N2O3. The number of benzene rings is 1. The van der Waals surface area contributed by atoms with E-state index in [0.717, 1.165) is 22.2 Å². The van der Waals surface area contributed by atoms with Crippen LogP contribution in [0.1, 0.15) is 18.2 Å². The van der Waals surface area contributed by atoms with Gasteiger partial charge in [0, 0.05) is 22.5 Å². The average molecular weight is 314 g/mol. The number of para-hydroxylation sites is 1. The summed E-state index contributed by atoms with van der Waals surface area (Å²) in [5.41, 5.74) is 2.89. The van der Waals surface area contributed by atoms with Gasteiger partial charge in [-0.25, -0.2) is 4.79 Å². The summed E-state index contributed by atoms with van der Waals surface area (Å²) in [7, 11) is 1.31. The molecule has 2 rings (SSSR count). The van der Waals surface area contributed by atoms with E-state index in [9.17, 15) is 9.59 Å². The Kier molecular flexibility index (Phi) is 5.21. The average Bonchev–Trinajstić information content (AvgIpc) is 2.87. The Labute approximate surface area is 135 Å². The topological polar surface area (TPSA) is 71.2 Å². The molecular weight excluding hydrogens is 292 g/mol. The third-order valence-corrected chi connectivity index (χ3v) is 4.03. The Morgan fingerprint density at radius 1 is 1.39 bits per heavy atom. The molecule has 2 N–H and O–H groups in total. The SMILES string of the molecule is C=C[C@@H](C)[C@@H](NC(=O)Cc1c(C)[nH]c2ccccc12)C(=O)OC. The first kappa shape index (κ1) is 16.8. The van der Waals surface area contributed by atoms with Crippen molar-refractivity contribution < 1.29 is 14.3 Å². The summed E-state index contributed by atoms with van der Waals surface area (Å²) in [6, 6.07) is 7.11. The lowest BCUT2D eigenvalue weighted by Gasteiger charge is -2.20. The van der Waals surface area contributed by atoms with E-state index in [0.29, 0.717) is 0 Å². The Balaban J connectivity index is 2.18. The molecule has 0 radical (unpaired) electrons. The molecule has 1 aromatic heterocycles. The maximum absolute atomic E-state index is 12.4. The minimum absolute atomic E-state index is 0.202. The van der Waals surface area contributed by atoms with Gasteiger partial charge >= 0.3 is 5.97 Å². The maximum atomic E-state index is 12.4. The van der Waals surface area contributed by atoms with Gasteiger partial charge in [0.05, 0.1) is 13.5 Å². The van der Waals surface area contributed by atoms with Crippen LogP contribution in [0.2, 0.25) is 0 Å². The van der Waals surface area contributed by atoms with Gasteiger partial charge in [-0.15, -0.1) is 6.58 Å². The summed E-state index contributed by atoms with van der Waals surface area (Å²) in [6.07, 6.45) is 1.83. The molecule has 0 aliphatic heterocycles. The van der Waals surface area contributed by atoms with Crippen molar-refractivity contribution in [2.24, 2.45) is 5.92 Å². The highest BCUT2D eigenvalue weighted by atomic mass is 16.5. The number of nitrogens with one attached hydrogen (secondary N) is 2. The standard InChI is InChI=1S/C18H22N2O3/c1-5-11(2)17(18(22)23-4)20-16(21)10-14-12(3)19-15-9-7-6-8-13(14)15/h5-9,11,17,19H,1,10H2,2-4H3,(H,20,21)/t11-,17-/m1/s1. The minimum atomic E-state index is -0.726. The van der Waals surface area contributed by atoms with E-state index in [-0.39, 0.29) is 18.2 Å². The van der Waals surface area contributed by atoms with Crippen LogP contribution < -0.4 is 5.32 Å². The molecule has 0 saturated carbocycles. The van der Waals surface area contributed by atoms with Gasteiger partial charge in [-0.3, -0.25) is 4.79 Å². The van der Waals surface area contributed by atoms with Crippen LogP contribution in [0, 0.1) is 12.8 Å². The third kappa shape index (κ3) is 3.62. The number of hydrogen-bond acceptors (Lipinski definition) is 3. The quantitative estimate of drug-likeness (QED) is 0.636. The van der Waals surface area contributed by atoms with Crippen LogP contribution in [0.5, 0.6) is 0 Å². The zero-order chi connectivity index (χ0) is 17.0. The number of hydrogen-bond donors (Lipinski definition) is 2. The summed E-state index contributed by atoms with van der Waals surface area (Å²) in [6.45, 7) is 7.42. The molecule has 0 bridgehead atoms. The molecule has 0 fully saturated rings. The van der Waals surface area contributed by atoms with Crippen LogP contribution in [-0.4, -0.2) is 30.0 Å². The predicted octanol–water partition coefficient (Wildman–Crippen LogP) is 2.50. The normalized spacial score (nSPS) is 13.3. The van der Waals surface area contributed by atoms with Crippen molar-refractivity contribution in [1.29, 1.82) is 0 Å². The number of methoxy groups -OCH3 is 1. The summed E-state index contributed by atoms with van der Waals surface area (Å²) < 4.78 is 4.76. The first-order chi connectivity index (χ1) is 11.0. The number of aromatic amines is 1. The lowest BCUT2D eigenvalue weighted by molar-refractivity contribution is -0.146. The molecule has 122 valence electrons. The van der Waals surface area contributed by atoms with Crippen LogP contribution in [0.15, 0.2) is 36.9 Å². The van der Waals surface area contributed by atoms with E-state index in [1.807, 2.05) is 38.1 Å². The van der Waals surface area contributed by atoms with Gasteiger partial charge in [0.2, 0.25) is 5.91 Å². The van der Waals surface area contributed by atoms with Gasteiger partial charge in [-0.1, -0.05) is 31.2 Å². The molecule has 1 heterocycles. The molecule has 1 amide bonds. The molecule has 0 unspecified atom stereocenters. The summed E-state index contributed by atoms with van der Waals surface area (Å²) in [4.78, 5) is 27.5. The number of carbonyl (C=O) groups excluding carboxylic acids is 2. The highest BCUT2D eigenvalue weighted by molar-refractivity contribution is 5.91. The predicted molar refractivity (Wildman–Crippen MR) is 90.0 cm³/mol. The lowest BCUT2D eigenvalue weighted by Crippen LogP contribution is -2.45. The molecule has 5 heteroatoms. The second-order valence-corrected chi connectivity index (χ2v) is 5.61. The van der Waals surface area contributed by atoms with Crippen molar-refractivity contribution in [3.8, 4) is 0 Å². The van der Waals surface area contributed by atoms with Crippen molar-refractivity contribution in [2.75, 3.05) is 7.11 Å². The van der Waals surface area contributed by atoms with Crippen LogP contribution in [0.25, 0.3) is 10.9 Å². The highest BCUT2D eigenvalue weighted by Gasteiger charge is 2.26. The van der Waals surface area contributed by atoms with E-state index in [1.54, 1.807) is 6.08 Å². The molecule has 0 saturated heterocycles. The number of esters is 1. The Morgan fingerprint density at radius 2 is 2.09 bits per heavy atom. The zero-order valence-corrected chi connectivity index (χ0v) is 13.7. The van der Waals surface area contributed by atoms with Gasteiger partial charge in [-0.2, -0.15) is 0 Å². The fraction of sp³-hybridized carbons (Fsp3) is 0.333. The Bertz CT molecular complexity index is 733. The van der Waals surface area contributed by atoms with Crippen molar-refractivity contribution in [3.63, 3.8) is 0 Å². The highest BCUT2D eigenvalue weighted by Crippen LogP contribution is 2.22. The molecule has 2 aromatic rings. The second-order valence-electron chi connectivity index (χ2n) is 5.61. The molecule has 1 aromatic carbocycles. The van der Waals surface area contributed by atoms with E-state index in [1.165, 1.54) is 7.11 Å². The van der Waals surface area contributed by atoms with Crippen molar-refractivity contribution >= 4 is 22.8 Å². The molecule has 0 spiro atoms. The fourth-order valence-electron chi connectivity index (χ4n) is 2.62. The first-order valence-corrected chi connectivity index (χ1v) is 7.53. The summed E-state index contributed by atoms with van der Waals surface area (Å²) in [5.74, 6) is -0.904. The van der Waals surface area contributed by atoms with E-state index >= 15 is 0 Å². The van der Waals surface area contributed by atoms with E-state index < -0.39 is 12.0 Å². The number of aromatic nitrogens is 1. The maximum Gasteiger partial charge on any atom is 0.328 e. The molecule has 0 aliphatic carbocycles. The van der Waals surface area contributed by atoms with Crippen molar-refractivity contribution in [2.45, 2.75) is 26.3 Å². The van der Waals surface area contributed by atoms with Crippen LogP contribution in [0.4, 0.5) is 0 Å². The van der Waals surface area contributed by atoms with E-state index in [4.69, 9.17) is 4.74 Å². The number of rotatable bonds is 6. The van der Waals surface area contributed by atoms with Crippen LogP contribution >= 0.6 is 0 Å². The minimum Gasteiger partial charge on any atom is -0.467 e. The first-order valence-electron chi connectivity index (χ1n) is 7.53. The Hall–Kier alpha value is -2.56. The van der Waals surface area contributed by atoms with Crippen molar-refractivity contribution in [1.82, 2.24) is 10.3 Å². The number of amides is 1. The second kappa shape index (κ2) is 7.13. The Morgan fingerprint density at radius 3 is 2.74 bits per heavy atom. The smallest absolute Gasteiger partial charge is 0.328 e. The molecule has 2 atom stereocenters. The number of ether oxygens (including phenoxy) is 1. The third-order valence-electron chi connectivity index (χ3n) is 4.03. The molecule has 0 aliphatic rings. The van der Waals surface area contributed by atoms with Gasteiger partial charge in [-0.05, 0) is 18.6 Å². The zero-order valence-electron chi connectivity index (χ0n) is 13.7. The number of carbonyl (C=O) groups is 2. The van der Waals surface area contributed by atoms with Gasteiger partial charge in [0.25, 0.3) is 0 Å². The largest absolute Gasteiger partial charge is 0.467 e. The number of fused-ring (bicyclic) bond motifs is 1. The van der Waals surface area contributed by atoms with E-state index in [2.05, 4.69) is 16.9 Å². The summed E-state index contributed by atoms with van der Waals surface area (Å²) in [5, 5.41) is 3.77. The van der Waals surface area contributed by atoms with Gasteiger partial charge < -0.3 is 15.0 Å². The fourth-order valence-corrected chi connectivity index (χ4v) is 2.62. The lowest BCUT2D eigenvalue weighted by atomic mass is 10.0. The number of aryl methyl sites for hydroxylation is 1. The van der Waals surface area contributed by atoms with Crippen LogP contribution in [0.3, 0.4) is 0 Å². The van der Waals surface area contributed by atoms with Gasteiger partial charge in [0.1, 0.15) is 6.04 Å². The number of H-pyrrole nitrogens is 1. The molecule has 5 nitrogen and oxygen atoms in total.